The number of rotatable bonds is 3. The maximum atomic E-state index is 10.9. The van der Waals surface area contributed by atoms with Crippen molar-refractivity contribution in [2.75, 3.05) is 7.11 Å². The highest BCUT2D eigenvalue weighted by Gasteiger charge is 2.20. The zero-order valence-electron chi connectivity index (χ0n) is 6.76. The SMILES string of the molecule is CC[C@H](C(=O)OC)[C@H](C)N. The molecule has 0 aromatic carbocycles. The molecule has 0 aliphatic carbocycles. The molecule has 0 heterocycles. The lowest BCUT2D eigenvalue weighted by Gasteiger charge is -2.15. The Labute approximate surface area is 61.5 Å². The molecule has 60 valence electrons. The van der Waals surface area contributed by atoms with E-state index in [4.69, 9.17) is 5.73 Å². The van der Waals surface area contributed by atoms with Gasteiger partial charge in [-0.2, -0.15) is 0 Å². The lowest BCUT2D eigenvalue weighted by atomic mass is 10.00. The molecule has 0 aliphatic rings. The van der Waals surface area contributed by atoms with E-state index in [0.29, 0.717) is 0 Å². The number of carbonyl (C=O) groups is 1. The number of carbonyl (C=O) groups excluding carboxylic acids is 1. The van der Waals surface area contributed by atoms with Crippen LogP contribution in [-0.2, 0) is 9.53 Å². The van der Waals surface area contributed by atoms with Crippen molar-refractivity contribution in [3.05, 3.63) is 0 Å². The number of nitrogens with two attached hydrogens (primary N) is 1. The predicted molar refractivity (Wildman–Crippen MR) is 39.4 cm³/mol. The lowest BCUT2D eigenvalue weighted by molar-refractivity contribution is -0.146. The minimum atomic E-state index is -0.211. The summed E-state index contributed by atoms with van der Waals surface area (Å²) in [5.74, 6) is -0.359. The van der Waals surface area contributed by atoms with Gasteiger partial charge in [0.25, 0.3) is 0 Å². The average Bonchev–Trinajstić information content (AvgIpc) is 1.88. The van der Waals surface area contributed by atoms with Crippen LogP contribution in [0, 0.1) is 5.92 Å². The second kappa shape index (κ2) is 4.28. The molecule has 2 atom stereocenters. The van der Waals surface area contributed by atoms with Gasteiger partial charge in [-0.05, 0) is 13.3 Å². The smallest absolute Gasteiger partial charge is 0.310 e. The summed E-state index contributed by atoms with van der Waals surface area (Å²) in [6, 6.07) is -0.113. The van der Waals surface area contributed by atoms with E-state index in [1.54, 1.807) is 0 Å². The van der Waals surface area contributed by atoms with E-state index in [1.165, 1.54) is 7.11 Å². The number of ether oxygens (including phenoxy) is 1. The van der Waals surface area contributed by atoms with Gasteiger partial charge in [0.05, 0.1) is 13.0 Å². The van der Waals surface area contributed by atoms with Gasteiger partial charge in [0, 0.05) is 6.04 Å². The van der Waals surface area contributed by atoms with Gasteiger partial charge in [0.2, 0.25) is 0 Å². The predicted octanol–water partition coefficient (Wildman–Crippen LogP) is 0.533. The summed E-state index contributed by atoms with van der Waals surface area (Å²) >= 11 is 0. The lowest BCUT2D eigenvalue weighted by Crippen LogP contribution is -2.33. The highest BCUT2D eigenvalue weighted by atomic mass is 16.5. The number of esters is 1. The van der Waals surface area contributed by atoms with Crippen LogP contribution in [0.25, 0.3) is 0 Å². The Hall–Kier alpha value is -0.570. The second-order valence-corrected chi connectivity index (χ2v) is 2.40. The van der Waals surface area contributed by atoms with Crippen LogP contribution in [0.1, 0.15) is 20.3 Å². The van der Waals surface area contributed by atoms with Crippen molar-refractivity contribution in [1.82, 2.24) is 0 Å². The van der Waals surface area contributed by atoms with Crippen molar-refractivity contribution in [2.24, 2.45) is 11.7 Å². The number of hydrogen-bond acceptors (Lipinski definition) is 3. The minimum Gasteiger partial charge on any atom is -0.469 e. The monoisotopic (exact) mass is 145 g/mol. The molecule has 10 heavy (non-hydrogen) atoms. The molecule has 0 saturated heterocycles. The van der Waals surface area contributed by atoms with Crippen molar-refractivity contribution < 1.29 is 9.53 Å². The summed E-state index contributed by atoms with van der Waals surface area (Å²) in [6.45, 7) is 3.73. The fraction of sp³-hybridized carbons (Fsp3) is 0.857. The first-order valence-electron chi connectivity index (χ1n) is 3.46. The fourth-order valence-electron chi connectivity index (χ4n) is 0.904. The molecule has 0 aliphatic heterocycles. The summed E-state index contributed by atoms with van der Waals surface area (Å²) in [5, 5.41) is 0. The summed E-state index contributed by atoms with van der Waals surface area (Å²) in [5.41, 5.74) is 5.52. The summed E-state index contributed by atoms with van der Waals surface area (Å²) in [6.07, 6.45) is 0.740. The average molecular weight is 145 g/mol. The maximum absolute atomic E-state index is 10.9. The van der Waals surface area contributed by atoms with Gasteiger partial charge in [-0.25, -0.2) is 0 Å². The van der Waals surface area contributed by atoms with Gasteiger partial charge in [0.1, 0.15) is 0 Å². The molecule has 0 fully saturated rings. The molecule has 3 heteroatoms. The van der Waals surface area contributed by atoms with Crippen LogP contribution in [0.15, 0.2) is 0 Å². The maximum Gasteiger partial charge on any atom is 0.310 e. The Bertz CT molecular complexity index is 112. The number of hydrogen-bond donors (Lipinski definition) is 1. The van der Waals surface area contributed by atoms with Crippen LogP contribution < -0.4 is 5.73 Å². The van der Waals surface area contributed by atoms with Gasteiger partial charge in [-0.3, -0.25) is 4.79 Å². The first-order chi connectivity index (χ1) is 4.63. The van der Waals surface area contributed by atoms with E-state index < -0.39 is 0 Å². The first kappa shape index (κ1) is 9.43. The van der Waals surface area contributed by atoms with Gasteiger partial charge in [0.15, 0.2) is 0 Å². The highest BCUT2D eigenvalue weighted by molar-refractivity contribution is 5.72. The first-order valence-corrected chi connectivity index (χ1v) is 3.46. The van der Waals surface area contributed by atoms with Gasteiger partial charge >= 0.3 is 5.97 Å². The standard InChI is InChI=1S/C7H15NO2/c1-4-6(5(2)8)7(9)10-3/h5-6H,4,8H2,1-3H3/t5-,6-/m0/s1. The minimum absolute atomic E-state index is 0.113. The van der Waals surface area contributed by atoms with Crippen molar-refractivity contribution in [2.45, 2.75) is 26.3 Å². The third-order valence-electron chi connectivity index (χ3n) is 1.58. The molecule has 0 unspecified atom stereocenters. The molecular formula is C7H15NO2. The van der Waals surface area contributed by atoms with Crippen LogP contribution >= 0.6 is 0 Å². The quantitative estimate of drug-likeness (QED) is 0.589. The Morgan fingerprint density at radius 2 is 2.20 bits per heavy atom. The molecule has 2 N–H and O–H groups in total. The fourth-order valence-corrected chi connectivity index (χ4v) is 0.904. The molecule has 0 amide bonds. The van der Waals surface area contributed by atoms with Crippen molar-refractivity contribution in [1.29, 1.82) is 0 Å². The van der Waals surface area contributed by atoms with Crippen LogP contribution in [0.2, 0.25) is 0 Å². The zero-order valence-corrected chi connectivity index (χ0v) is 6.76. The van der Waals surface area contributed by atoms with E-state index in [9.17, 15) is 4.79 Å². The Morgan fingerprint density at radius 1 is 1.70 bits per heavy atom. The molecule has 0 radical (unpaired) electrons. The van der Waals surface area contributed by atoms with Crippen LogP contribution in [0.4, 0.5) is 0 Å². The second-order valence-electron chi connectivity index (χ2n) is 2.40. The van der Waals surface area contributed by atoms with E-state index in [-0.39, 0.29) is 17.9 Å². The molecule has 0 rings (SSSR count). The Balaban J connectivity index is 3.93. The van der Waals surface area contributed by atoms with Gasteiger partial charge < -0.3 is 10.5 Å². The van der Waals surface area contributed by atoms with Crippen molar-refractivity contribution >= 4 is 5.97 Å². The Kier molecular flexibility index (Phi) is 4.03. The van der Waals surface area contributed by atoms with Crippen molar-refractivity contribution in [3.63, 3.8) is 0 Å². The van der Waals surface area contributed by atoms with Gasteiger partial charge in [-0.15, -0.1) is 0 Å². The third kappa shape index (κ3) is 2.35. The summed E-state index contributed by atoms with van der Waals surface area (Å²) in [4.78, 5) is 10.9. The normalized spacial score (nSPS) is 16.0. The van der Waals surface area contributed by atoms with Gasteiger partial charge in [-0.1, -0.05) is 6.92 Å². The molecular weight excluding hydrogens is 130 g/mol. The van der Waals surface area contributed by atoms with E-state index in [2.05, 4.69) is 4.74 Å². The highest BCUT2D eigenvalue weighted by Crippen LogP contribution is 2.07. The zero-order chi connectivity index (χ0) is 8.15. The van der Waals surface area contributed by atoms with Crippen LogP contribution in [0.5, 0.6) is 0 Å². The van der Waals surface area contributed by atoms with E-state index in [1.807, 2.05) is 13.8 Å². The Morgan fingerprint density at radius 3 is 2.30 bits per heavy atom. The number of methoxy groups -OCH3 is 1. The molecule has 3 nitrogen and oxygen atoms in total. The van der Waals surface area contributed by atoms with Crippen LogP contribution in [-0.4, -0.2) is 19.1 Å². The summed E-state index contributed by atoms with van der Waals surface area (Å²) in [7, 11) is 1.38. The topological polar surface area (TPSA) is 52.3 Å². The molecule has 0 spiro atoms. The van der Waals surface area contributed by atoms with Crippen molar-refractivity contribution in [3.8, 4) is 0 Å². The third-order valence-corrected chi connectivity index (χ3v) is 1.58. The van der Waals surface area contributed by atoms with E-state index in [0.717, 1.165) is 6.42 Å². The molecule has 0 aromatic heterocycles. The summed E-state index contributed by atoms with van der Waals surface area (Å²) < 4.78 is 4.55. The molecule has 0 aromatic rings. The van der Waals surface area contributed by atoms with E-state index >= 15 is 0 Å². The largest absolute Gasteiger partial charge is 0.469 e. The molecule has 0 saturated carbocycles. The van der Waals surface area contributed by atoms with Crippen LogP contribution in [0.3, 0.4) is 0 Å². The molecule has 0 bridgehead atoms.